The molecule has 0 aromatic heterocycles. The topological polar surface area (TPSA) is 143 Å². The van der Waals surface area contributed by atoms with E-state index in [1.165, 1.54) is 40.4 Å². The molecule has 4 heterocycles. The van der Waals surface area contributed by atoms with Gasteiger partial charge >= 0.3 is 6.09 Å². The van der Waals surface area contributed by atoms with Gasteiger partial charge in [-0.1, -0.05) is 12.1 Å². The predicted molar refractivity (Wildman–Crippen MR) is 195 cm³/mol. The summed E-state index contributed by atoms with van der Waals surface area (Å²) < 4.78 is 41.7. The van der Waals surface area contributed by atoms with Gasteiger partial charge in [-0.25, -0.2) is 4.79 Å². The Labute approximate surface area is 313 Å². The molecule has 14 nitrogen and oxygen atoms in total. The second-order valence-corrected chi connectivity index (χ2v) is 13.7. The van der Waals surface area contributed by atoms with E-state index in [4.69, 9.17) is 33.2 Å². The number of nitrogens with zero attached hydrogens (tertiary/aromatic N) is 3. The van der Waals surface area contributed by atoms with E-state index in [9.17, 15) is 14.4 Å². The van der Waals surface area contributed by atoms with Gasteiger partial charge in [-0.3, -0.25) is 24.2 Å². The number of hydrogen-bond donors (Lipinski definition) is 0. The minimum absolute atomic E-state index is 0.0380. The molecule has 0 spiro atoms. The number of imide groups is 1. The van der Waals surface area contributed by atoms with E-state index in [0.717, 1.165) is 4.90 Å². The molecule has 0 radical (unpaired) electrons. The maximum atomic E-state index is 15.3. The van der Waals surface area contributed by atoms with Gasteiger partial charge in [0.05, 0.1) is 72.5 Å². The van der Waals surface area contributed by atoms with Crippen molar-refractivity contribution in [1.29, 1.82) is 0 Å². The summed E-state index contributed by atoms with van der Waals surface area (Å²) in [6.45, 7) is 6.87. The Balaban J connectivity index is 1.57. The van der Waals surface area contributed by atoms with Crippen molar-refractivity contribution in [3.63, 3.8) is 0 Å². The van der Waals surface area contributed by atoms with Crippen LogP contribution in [0.4, 0.5) is 4.79 Å². The summed E-state index contributed by atoms with van der Waals surface area (Å²) in [5, 5.41) is 0. The molecule has 7 rings (SSSR count). The number of rotatable bonds is 9. The maximum absolute atomic E-state index is 15.3. The average Bonchev–Trinajstić information content (AvgIpc) is 3.39. The molecule has 3 aromatic carbocycles. The van der Waals surface area contributed by atoms with Crippen molar-refractivity contribution in [2.75, 3.05) is 49.2 Å². The number of carbonyl (C=O) groups excluding carboxylic acids is 4. The maximum Gasteiger partial charge on any atom is 0.411 e. The molecule has 54 heavy (non-hydrogen) atoms. The number of ether oxygens (including phenoxy) is 7. The highest BCUT2D eigenvalue weighted by atomic mass is 16.6. The molecular formula is C40H43N3O11. The van der Waals surface area contributed by atoms with Gasteiger partial charge in [-0.2, -0.15) is 0 Å². The smallest absolute Gasteiger partial charge is 0.411 e. The molecule has 14 heteroatoms. The Morgan fingerprint density at radius 1 is 0.741 bits per heavy atom. The van der Waals surface area contributed by atoms with Crippen LogP contribution >= 0.6 is 0 Å². The standard InChI is InChI=1S/C40H43N3O11/c1-18(2)54-40(47)43-26-16-24-29(36(53-10)34(51-8)20(4)32(24)49-6)30(43)25-15-23-28(35(52-9)33(50-7)19(3)31(23)48-5)27(42(25)39(26)46)17-41-37(44)21-13-11-12-14-22(21)38(41)45/h11-15,18,26-27,30H,16-17H2,1-10H3/t26-,27-,30-/m0/s1. The number of fused-ring (bicyclic) bond motifs is 8. The Morgan fingerprint density at radius 2 is 1.26 bits per heavy atom. The number of amides is 4. The van der Waals surface area contributed by atoms with Crippen molar-refractivity contribution in [2.45, 2.75) is 58.3 Å². The quantitative estimate of drug-likeness (QED) is 0.260. The Kier molecular flexibility index (Phi) is 9.10. The first-order valence-corrected chi connectivity index (χ1v) is 17.5. The van der Waals surface area contributed by atoms with E-state index in [1.807, 2.05) is 13.8 Å². The van der Waals surface area contributed by atoms with Crippen molar-refractivity contribution in [3.8, 4) is 34.5 Å². The van der Waals surface area contributed by atoms with E-state index in [-0.39, 0.29) is 24.1 Å². The fraction of sp³-hybridized carbons (Fsp3) is 0.400. The van der Waals surface area contributed by atoms with Crippen LogP contribution in [0.1, 0.15) is 80.0 Å². The molecule has 1 saturated heterocycles. The normalized spacial score (nSPS) is 19.5. The summed E-state index contributed by atoms with van der Waals surface area (Å²) in [5.74, 6) is 0.858. The fourth-order valence-corrected chi connectivity index (χ4v) is 8.66. The zero-order valence-corrected chi connectivity index (χ0v) is 31.9. The summed E-state index contributed by atoms with van der Waals surface area (Å²) >= 11 is 0. The van der Waals surface area contributed by atoms with Crippen molar-refractivity contribution in [1.82, 2.24) is 14.7 Å². The molecule has 3 atom stereocenters. The number of hydrogen-bond acceptors (Lipinski definition) is 11. The summed E-state index contributed by atoms with van der Waals surface area (Å²) in [6.07, 6.45) is 0.607. The van der Waals surface area contributed by atoms with E-state index in [2.05, 4.69) is 0 Å². The number of carbonyl (C=O) groups is 4. The zero-order valence-electron chi connectivity index (χ0n) is 31.9. The van der Waals surface area contributed by atoms with Gasteiger partial charge in [0.15, 0.2) is 23.0 Å². The van der Waals surface area contributed by atoms with E-state index >= 15 is 4.79 Å². The van der Waals surface area contributed by atoms with Gasteiger partial charge in [-0.15, -0.1) is 0 Å². The van der Waals surface area contributed by atoms with Crippen LogP contribution in [0.5, 0.6) is 34.5 Å². The van der Waals surface area contributed by atoms with Gasteiger partial charge in [-0.05, 0) is 45.9 Å². The number of benzene rings is 3. The molecule has 4 amide bonds. The van der Waals surface area contributed by atoms with Gasteiger partial charge in [0, 0.05) is 45.5 Å². The molecule has 1 fully saturated rings. The van der Waals surface area contributed by atoms with Gasteiger partial charge in [0.1, 0.15) is 23.6 Å². The SMILES string of the molecule is COc1c(C)c(OC)c(OC)c2c1C=C1[C@H]3c4c(c(OC)c(C)c(OC)c4OC)C[C@@H](C(=O)N1[C@H]2CN1C(=O)c2ccccc2C1=O)N3C(=O)OC(C)C. The molecule has 0 N–H and O–H groups in total. The summed E-state index contributed by atoms with van der Waals surface area (Å²) in [7, 11) is 9.08. The van der Waals surface area contributed by atoms with E-state index in [0.29, 0.717) is 73.6 Å². The molecule has 284 valence electrons. The largest absolute Gasteiger partial charge is 0.496 e. The molecule has 2 bridgehead atoms. The van der Waals surface area contributed by atoms with E-state index in [1.54, 1.807) is 56.2 Å². The van der Waals surface area contributed by atoms with Crippen molar-refractivity contribution in [3.05, 3.63) is 74.5 Å². The molecule has 0 aliphatic carbocycles. The Hall–Kier alpha value is -5.92. The Morgan fingerprint density at radius 3 is 1.78 bits per heavy atom. The molecule has 0 saturated carbocycles. The third kappa shape index (κ3) is 4.98. The van der Waals surface area contributed by atoms with Gasteiger partial charge in [0.2, 0.25) is 0 Å². The van der Waals surface area contributed by atoms with Crippen LogP contribution in [0, 0.1) is 13.8 Å². The first-order valence-electron chi connectivity index (χ1n) is 17.5. The van der Waals surface area contributed by atoms with Crippen LogP contribution in [-0.2, 0) is 16.0 Å². The van der Waals surface area contributed by atoms with Crippen LogP contribution in [0.3, 0.4) is 0 Å². The molecule has 0 unspecified atom stereocenters. The predicted octanol–water partition coefficient (Wildman–Crippen LogP) is 5.40. The van der Waals surface area contributed by atoms with Crippen LogP contribution in [-0.4, -0.2) is 99.9 Å². The lowest BCUT2D eigenvalue weighted by Crippen LogP contribution is -2.63. The second-order valence-electron chi connectivity index (χ2n) is 13.7. The first kappa shape index (κ1) is 36.4. The first-order chi connectivity index (χ1) is 25.9. The van der Waals surface area contributed by atoms with Crippen LogP contribution in [0.25, 0.3) is 6.08 Å². The molecule has 4 aliphatic heterocycles. The highest BCUT2D eigenvalue weighted by molar-refractivity contribution is 6.21. The van der Waals surface area contributed by atoms with Gasteiger partial charge in [0.25, 0.3) is 17.7 Å². The van der Waals surface area contributed by atoms with Crippen LogP contribution < -0.4 is 28.4 Å². The van der Waals surface area contributed by atoms with Crippen LogP contribution in [0.15, 0.2) is 30.0 Å². The third-order valence-corrected chi connectivity index (χ3v) is 10.7. The van der Waals surface area contributed by atoms with Crippen LogP contribution in [0.2, 0.25) is 0 Å². The molecular weight excluding hydrogens is 698 g/mol. The lowest BCUT2D eigenvalue weighted by molar-refractivity contribution is -0.144. The van der Waals surface area contributed by atoms with Crippen molar-refractivity contribution in [2.24, 2.45) is 0 Å². The number of methoxy groups -OCH3 is 6. The van der Waals surface area contributed by atoms with Crippen molar-refractivity contribution >= 4 is 29.9 Å². The summed E-state index contributed by atoms with van der Waals surface area (Å²) in [6, 6.07) is 3.48. The summed E-state index contributed by atoms with van der Waals surface area (Å²) in [5.41, 5.74) is 4.34. The van der Waals surface area contributed by atoms with Gasteiger partial charge < -0.3 is 38.1 Å². The average molecular weight is 742 g/mol. The van der Waals surface area contributed by atoms with E-state index < -0.39 is 48.0 Å². The Bertz CT molecular complexity index is 2120. The van der Waals surface area contributed by atoms with Crippen molar-refractivity contribution < 1.29 is 52.3 Å². The monoisotopic (exact) mass is 741 g/mol. The highest BCUT2D eigenvalue weighted by Crippen LogP contribution is 2.60. The minimum atomic E-state index is -1.09. The fourth-order valence-electron chi connectivity index (χ4n) is 8.66. The number of piperazine rings is 1. The zero-order chi connectivity index (χ0) is 38.9. The second kappa shape index (κ2) is 13.5. The lowest BCUT2D eigenvalue weighted by Gasteiger charge is -2.54. The molecule has 4 aliphatic rings. The third-order valence-electron chi connectivity index (χ3n) is 10.7. The summed E-state index contributed by atoms with van der Waals surface area (Å²) in [4.78, 5) is 61.6. The minimum Gasteiger partial charge on any atom is -0.496 e. The lowest BCUT2D eigenvalue weighted by atomic mass is 9.77. The highest BCUT2D eigenvalue weighted by Gasteiger charge is 2.57. The molecule has 3 aromatic rings.